The summed E-state index contributed by atoms with van der Waals surface area (Å²) in [6.45, 7) is 2.45. The van der Waals surface area contributed by atoms with Gasteiger partial charge in [-0.1, -0.05) is 54.2 Å². The Morgan fingerprint density at radius 2 is 1.83 bits per heavy atom. The normalized spacial score (nSPS) is 14.9. The SMILES string of the molecule is C[C@H]1Cc2ccccc2N1C(=O)CSc1nnc(-c2cc3ccccc3cc2O)n1Cc1ccco1. The maximum absolute atomic E-state index is 13.3. The second-order valence-electron chi connectivity index (χ2n) is 8.92. The predicted octanol–water partition coefficient (Wildman–Crippen LogP) is 5.52. The molecule has 0 unspecified atom stereocenters. The molecule has 7 nitrogen and oxygen atoms in total. The van der Waals surface area contributed by atoms with Crippen molar-refractivity contribution < 1.29 is 14.3 Å². The maximum Gasteiger partial charge on any atom is 0.237 e. The van der Waals surface area contributed by atoms with Gasteiger partial charge in [0.15, 0.2) is 11.0 Å². The molecular weight excluding hydrogens is 472 g/mol. The fourth-order valence-corrected chi connectivity index (χ4v) is 5.64. The van der Waals surface area contributed by atoms with Crippen LogP contribution in [0.3, 0.4) is 0 Å². The Labute approximate surface area is 212 Å². The van der Waals surface area contributed by atoms with Crippen molar-refractivity contribution in [2.45, 2.75) is 31.1 Å². The molecule has 1 aliphatic rings. The van der Waals surface area contributed by atoms with E-state index in [9.17, 15) is 9.90 Å². The summed E-state index contributed by atoms with van der Waals surface area (Å²) in [6, 6.07) is 23.4. The smallest absolute Gasteiger partial charge is 0.237 e. The Bertz CT molecular complexity index is 1560. The van der Waals surface area contributed by atoms with Crippen LogP contribution in [0.15, 0.2) is 88.6 Å². The molecule has 0 radical (unpaired) electrons. The molecule has 1 amide bonds. The van der Waals surface area contributed by atoms with Crippen LogP contribution in [-0.2, 0) is 17.8 Å². The number of phenolic OH excluding ortho intramolecular Hbond substituents is 1. The van der Waals surface area contributed by atoms with Gasteiger partial charge in [0.1, 0.15) is 11.5 Å². The van der Waals surface area contributed by atoms with E-state index in [-0.39, 0.29) is 23.5 Å². The monoisotopic (exact) mass is 496 g/mol. The van der Waals surface area contributed by atoms with E-state index in [1.807, 2.05) is 70.1 Å². The van der Waals surface area contributed by atoms with E-state index in [0.717, 1.165) is 28.6 Å². The summed E-state index contributed by atoms with van der Waals surface area (Å²) in [5.41, 5.74) is 2.75. The van der Waals surface area contributed by atoms with Crippen LogP contribution < -0.4 is 4.90 Å². The van der Waals surface area contributed by atoms with Crippen molar-refractivity contribution in [1.82, 2.24) is 14.8 Å². The molecule has 0 saturated carbocycles. The Balaban J connectivity index is 1.32. The molecule has 0 spiro atoms. The van der Waals surface area contributed by atoms with Crippen molar-refractivity contribution >= 4 is 34.1 Å². The lowest BCUT2D eigenvalue weighted by molar-refractivity contribution is -0.116. The molecule has 3 heterocycles. The van der Waals surface area contributed by atoms with Gasteiger partial charge in [-0.15, -0.1) is 10.2 Å². The summed E-state index contributed by atoms with van der Waals surface area (Å²) in [5.74, 6) is 1.62. The number of aromatic nitrogens is 3. The number of carbonyl (C=O) groups is 1. The third-order valence-electron chi connectivity index (χ3n) is 6.52. The van der Waals surface area contributed by atoms with E-state index in [1.54, 1.807) is 12.3 Å². The number of para-hydroxylation sites is 1. The molecule has 0 aliphatic carbocycles. The van der Waals surface area contributed by atoms with E-state index in [1.165, 1.54) is 17.3 Å². The summed E-state index contributed by atoms with van der Waals surface area (Å²) >= 11 is 1.34. The fourth-order valence-electron chi connectivity index (χ4n) is 4.84. The molecule has 0 saturated heterocycles. The number of benzene rings is 3. The average molecular weight is 497 g/mol. The quantitative estimate of drug-likeness (QED) is 0.312. The number of carbonyl (C=O) groups excluding carboxylic acids is 1. The van der Waals surface area contributed by atoms with Crippen LogP contribution in [0.2, 0.25) is 0 Å². The molecule has 0 fully saturated rings. The molecule has 36 heavy (non-hydrogen) atoms. The van der Waals surface area contributed by atoms with Crippen molar-refractivity contribution in [3.63, 3.8) is 0 Å². The summed E-state index contributed by atoms with van der Waals surface area (Å²) < 4.78 is 7.48. The van der Waals surface area contributed by atoms with E-state index in [0.29, 0.717) is 23.1 Å². The Hall–Kier alpha value is -4.04. The van der Waals surface area contributed by atoms with Crippen molar-refractivity contribution in [3.8, 4) is 17.1 Å². The minimum atomic E-state index is 0.0279. The van der Waals surface area contributed by atoms with Gasteiger partial charge in [-0.2, -0.15) is 0 Å². The molecule has 180 valence electrons. The van der Waals surface area contributed by atoms with Crippen LogP contribution in [0.4, 0.5) is 5.69 Å². The molecule has 3 aromatic carbocycles. The van der Waals surface area contributed by atoms with E-state index in [4.69, 9.17) is 4.42 Å². The average Bonchev–Trinajstić information content (AvgIpc) is 3.61. The van der Waals surface area contributed by atoms with Gasteiger partial charge in [-0.25, -0.2) is 0 Å². The third-order valence-corrected chi connectivity index (χ3v) is 7.47. The summed E-state index contributed by atoms with van der Waals surface area (Å²) in [6.07, 6.45) is 2.47. The largest absolute Gasteiger partial charge is 0.507 e. The van der Waals surface area contributed by atoms with Crippen LogP contribution in [0.5, 0.6) is 5.75 Å². The maximum atomic E-state index is 13.3. The second kappa shape index (κ2) is 9.20. The first-order chi connectivity index (χ1) is 17.6. The Morgan fingerprint density at radius 3 is 2.64 bits per heavy atom. The van der Waals surface area contributed by atoms with Crippen LogP contribution >= 0.6 is 11.8 Å². The van der Waals surface area contributed by atoms with Gasteiger partial charge in [0, 0.05) is 11.7 Å². The highest BCUT2D eigenvalue weighted by Gasteiger charge is 2.31. The van der Waals surface area contributed by atoms with Crippen molar-refractivity contribution in [1.29, 1.82) is 0 Å². The fraction of sp³-hybridized carbons (Fsp3) is 0.179. The minimum absolute atomic E-state index is 0.0279. The molecule has 0 bridgehead atoms. The number of phenols is 1. The summed E-state index contributed by atoms with van der Waals surface area (Å²) in [5, 5.41) is 22.2. The molecule has 1 aliphatic heterocycles. The zero-order valence-electron chi connectivity index (χ0n) is 19.7. The number of anilines is 1. The van der Waals surface area contributed by atoms with Gasteiger partial charge < -0.3 is 14.4 Å². The number of amides is 1. The van der Waals surface area contributed by atoms with Gasteiger partial charge in [0.25, 0.3) is 0 Å². The number of nitrogens with zero attached hydrogens (tertiary/aromatic N) is 4. The van der Waals surface area contributed by atoms with Gasteiger partial charge >= 0.3 is 0 Å². The molecular formula is C28H24N4O3S. The summed E-state index contributed by atoms with van der Waals surface area (Å²) in [7, 11) is 0. The number of hydrogen-bond acceptors (Lipinski definition) is 6. The standard InChI is InChI=1S/C28H24N4O3S/c1-18-13-21-9-4-5-11-24(21)32(18)26(34)17-36-28-30-29-27(31(28)16-22-10-6-12-35-22)23-14-19-7-2-3-8-20(19)15-25(23)33/h2-12,14-15,18,33H,13,16-17H2,1H3/t18-/m0/s1. The van der Waals surface area contributed by atoms with Gasteiger partial charge in [-0.3, -0.25) is 9.36 Å². The lowest BCUT2D eigenvalue weighted by atomic mass is 10.1. The molecule has 5 aromatic rings. The van der Waals surface area contributed by atoms with Crippen molar-refractivity contribution in [2.75, 3.05) is 10.7 Å². The summed E-state index contributed by atoms with van der Waals surface area (Å²) in [4.78, 5) is 15.2. The van der Waals surface area contributed by atoms with Crippen LogP contribution in [0.25, 0.3) is 22.2 Å². The lowest BCUT2D eigenvalue weighted by Crippen LogP contribution is -2.37. The number of rotatable bonds is 6. The van der Waals surface area contributed by atoms with Crippen LogP contribution in [0.1, 0.15) is 18.2 Å². The van der Waals surface area contributed by atoms with Crippen molar-refractivity contribution in [2.24, 2.45) is 0 Å². The highest BCUT2D eigenvalue weighted by atomic mass is 32.2. The van der Waals surface area contributed by atoms with Gasteiger partial charge in [0.2, 0.25) is 5.91 Å². The highest BCUT2D eigenvalue weighted by Crippen LogP contribution is 2.36. The minimum Gasteiger partial charge on any atom is -0.507 e. The van der Waals surface area contributed by atoms with Gasteiger partial charge in [-0.05, 0) is 60.0 Å². The first-order valence-electron chi connectivity index (χ1n) is 11.8. The zero-order chi connectivity index (χ0) is 24.6. The second-order valence-corrected chi connectivity index (χ2v) is 9.86. The molecule has 1 atom stereocenters. The zero-order valence-corrected chi connectivity index (χ0v) is 20.5. The Morgan fingerprint density at radius 1 is 1.06 bits per heavy atom. The molecule has 8 heteroatoms. The van der Waals surface area contributed by atoms with E-state index < -0.39 is 0 Å². The molecule has 1 N–H and O–H groups in total. The number of furan rings is 1. The van der Waals surface area contributed by atoms with E-state index in [2.05, 4.69) is 23.2 Å². The molecule has 6 rings (SSSR count). The van der Waals surface area contributed by atoms with Crippen molar-refractivity contribution in [3.05, 3.63) is 90.4 Å². The van der Waals surface area contributed by atoms with Crippen LogP contribution in [0, 0.1) is 0 Å². The third kappa shape index (κ3) is 4.03. The number of hydrogen-bond donors (Lipinski definition) is 1. The predicted molar refractivity (Wildman–Crippen MR) is 140 cm³/mol. The van der Waals surface area contributed by atoms with Crippen LogP contribution in [-0.4, -0.2) is 37.6 Å². The first kappa shape index (κ1) is 22.4. The van der Waals surface area contributed by atoms with E-state index >= 15 is 0 Å². The molecule has 2 aromatic heterocycles. The number of aromatic hydroxyl groups is 1. The first-order valence-corrected chi connectivity index (χ1v) is 12.8. The highest BCUT2D eigenvalue weighted by molar-refractivity contribution is 7.99. The number of fused-ring (bicyclic) bond motifs is 2. The van der Waals surface area contributed by atoms with Gasteiger partial charge in [0.05, 0.1) is 24.1 Å². The lowest BCUT2D eigenvalue weighted by Gasteiger charge is -2.22. The topological polar surface area (TPSA) is 84.4 Å². The number of thioether (sulfide) groups is 1. The Kier molecular flexibility index (Phi) is 5.73.